The Morgan fingerprint density at radius 1 is 1.57 bits per heavy atom. The van der Waals surface area contributed by atoms with Crippen molar-refractivity contribution >= 4 is 21.9 Å². The van der Waals surface area contributed by atoms with E-state index in [1.54, 1.807) is 0 Å². The molecule has 0 radical (unpaired) electrons. The second kappa shape index (κ2) is 3.87. The van der Waals surface area contributed by atoms with Crippen LogP contribution in [-0.4, -0.2) is 16.1 Å². The Morgan fingerprint density at radius 2 is 2.14 bits per heavy atom. The van der Waals surface area contributed by atoms with Gasteiger partial charge >= 0.3 is 5.97 Å². The number of aromatic amines is 1. The lowest BCUT2D eigenvalue weighted by molar-refractivity contribution is 0.0682. The van der Waals surface area contributed by atoms with E-state index in [0.717, 1.165) is 6.20 Å². The van der Waals surface area contributed by atoms with Crippen molar-refractivity contribution in [3.05, 3.63) is 32.2 Å². The second-order valence-electron chi connectivity index (χ2n) is 2.36. The summed E-state index contributed by atoms with van der Waals surface area (Å²) in [6.45, 7) is 0. The summed E-state index contributed by atoms with van der Waals surface area (Å²) in [5, 5.41) is 8.60. The fraction of sp³-hybridized carbons (Fsp3) is 0.143. The lowest BCUT2D eigenvalue weighted by atomic mass is 10.1. The molecule has 0 bridgehead atoms. The Hall–Kier alpha value is -1.24. The number of pyridine rings is 1. The number of rotatable bonds is 2. The molecule has 0 unspecified atom stereocenters. The Balaban J connectivity index is 3.58. The van der Waals surface area contributed by atoms with E-state index in [1.165, 1.54) is 0 Å². The van der Waals surface area contributed by atoms with E-state index >= 15 is 0 Å². The summed E-state index contributed by atoms with van der Waals surface area (Å²) >= 11 is 2.77. The average Bonchev–Trinajstić information content (AvgIpc) is 2.07. The number of alkyl halides is 2. The molecule has 7 heteroatoms. The number of hydrogen-bond acceptors (Lipinski definition) is 2. The van der Waals surface area contributed by atoms with E-state index < -0.39 is 29.1 Å². The minimum atomic E-state index is -3.12. The third-order valence-electron chi connectivity index (χ3n) is 1.51. The second-order valence-corrected chi connectivity index (χ2v) is 3.21. The molecule has 0 aliphatic carbocycles. The van der Waals surface area contributed by atoms with Gasteiger partial charge < -0.3 is 10.1 Å². The summed E-state index contributed by atoms with van der Waals surface area (Å²) in [4.78, 5) is 23.5. The van der Waals surface area contributed by atoms with Crippen molar-refractivity contribution < 1.29 is 18.7 Å². The number of carbonyl (C=O) groups is 1. The number of aromatic nitrogens is 1. The quantitative estimate of drug-likeness (QED) is 0.858. The summed E-state index contributed by atoms with van der Waals surface area (Å²) in [5.41, 5.74) is -2.84. The van der Waals surface area contributed by atoms with Gasteiger partial charge in [-0.15, -0.1) is 0 Å². The number of hydrogen-bond donors (Lipinski definition) is 2. The predicted octanol–water partition coefficient (Wildman–Crippen LogP) is 1.77. The number of nitrogens with one attached hydrogen (secondary N) is 1. The van der Waals surface area contributed by atoms with Crippen molar-refractivity contribution in [2.24, 2.45) is 0 Å². The predicted molar refractivity (Wildman–Crippen MR) is 46.7 cm³/mol. The van der Waals surface area contributed by atoms with Gasteiger partial charge in [0.15, 0.2) is 0 Å². The number of carboxylic acid groups (broad SMARTS) is 1. The van der Waals surface area contributed by atoms with Crippen LogP contribution in [-0.2, 0) is 0 Å². The van der Waals surface area contributed by atoms with Crippen molar-refractivity contribution in [2.45, 2.75) is 6.43 Å². The van der Waals surface area contributed by atoms with E-state index in [4.69, 9.17) is 5.11 Å². The summed E-state index contributed by atoms with van der Waals surface area (Å²) in [6.07, 6.45) is -2.11. The first-order valence-electron chi connectivity index (χ1n) is 3.37. The largest absolute Gasteiger partial charge is 0.478 e. The van der Waals surface area contributed by atoms with Crippen molar-refractivity contribution in [2.75, 3.05) is 0 Å². The zero-order valence-electron chi connectivity index (χ0n) is 6.55. The van der Waals surface area contributed by atoms with Crippen LogP contribution in [0.15, 0.2) is 15.5 Å². The van der Waals surface area contributed by atoms with Crippen molar-refractivity contribution in [3.63, 3.8) is 0 Å². The van der Waals surface area contributed by atoms with Crippen LogP contribution in [0.4, 0.5) is 8.78 Å². The molecule has 1 heterocycles. The fourth-order valence-electron chi connectivity index (χ4n) is 0.947. The highest BCUT2D eigenvalue weighted by molar-refractivity contribution is 9.10. The van der Waals surface area contributed by atoms with Crippen molar-refractivity contribution in [1.29, 1.82) is 0 Å². The highest BCUT2D eigenvalue weighted by Gasteiger charge is 2.24. The lowest BCUT2D eigenvalue weighted by Gasteiger charge is -2.04. The molecule has 1 aromatic heterocycles. The molecule has 14 heavy (non-hydrogen) atoms. The number of H-pyrrole nitrogens is 1. The van der Waals surface area contributed by atoms with Crippen LogP contribution >= 0.6 is 15.9 Å². The normalized spacial score (nSPS) is 10.6. The molecule has 76 valence electrons. The highest BCUT2D eigenvalue weighted by atomic mass is 79.9. The Bertz CT molecular complexity index is 429. The Morgan fingerprint density at radius 3 is 2.50 bits per heavy atom. The minimum absolute atomic E-state index is 0.0834. The van der Waals surface area contributed by atoms with Gasteiger partial charge in [0.25, 0.3) is 12.0 Å². The third kappa shape index (κ3) is 1.82. The average molecular weight is 268 g/mol. The molecule has 0 atom stereocenters. The van der Waals surface area contributed by atoms with E-state index in [2.05, 4.69) is 15.9 Å². The summed E-state index contributed by atoms with van der Waals surface area (Å²) in [6, 6.07) is 0. The molecule has 0 saturated carbocycles. The lowest BCUT2D eigenvalue weighted by Crippen LogP contribution is -2.19. The first-order valence-corrected chi connectivity index (χ1v) is 4.17. The monoisotopic (exact) mass is 267 g/mol. The topological polar surface area (TPSA) is 70.2 Å². The van der Waals surface area contributed by atoms with Crippen LogP contribution in [0.5, 0.6) is 0 Å². The molecule has 0 amide bonds. The van der Waals surface area contributed by atoms with Gasteiger partial charge in [-0.05, 0) is 15.9 Å². The van der Waals surface area contributed by atoms with E-state index in [-0.39, 0.29) is 4.47 Å². The molecule has 4 nitrogen and oxygen atoms in total. The fourth-order valence-corrected chi connectivity index (χ4v) is 1.44. The van der Waals surface area contributed by atoms with Gasteiger partial charge in [-0.3, -0.25) is 4.79 Å². The maximum Gasteiger partial charge on any atom is 0.337 e. The zero-order chi connectivity index (χ0) is 10.9. The minimum Gasteiger partial charge on any atom is -0.478 e. The van der Waals surface area contributed by atoms with Gasteiger partial charge in [-0.25, -0.2) is 13.6 Å². The van der Waals surface area contributed by atoms with Crippen LogP contribution in [0.2, 0.25) is 0 Å². The molecule has 0 aliphatic heterocycles. The van der Waals surface area contributed by atoms with Crippen LogP contribution in [0, 0.1) is 0 Å². The summed E-state index contributed by atoms with van der Waals surface area (Å²) in [7, 11) is 0. The van der Waals surface area contributed by atoms with E-state index in [0.29, 0.717) is 0 Å². The summed E-state index contributed by atoms with van der Waals surface area (Å²) < 4.78 is 24.6. The third-order valence-corrected chi connectivity index (χ3v) is 2.14. The van der Waals surface area contributed by atoms with Gasteiger partial charge in [-0.2, -0.15) is 0 Å². The first kappa shape index (κ1) is 10.8. The molecular weight excluding hydrogens is 264 g/mol. The van der Waals surface area contributed by atoms with Gasteiger partial charge in [0.1, 0.15) is 0 Å². The standard InChI is InChI=1S/C7H4BrF2NO3/c8-2-1-11-6(12)4(5(9)10)3(2)7(13)14/h1,5H,(H,11,12)(H,13,14). The van der Waals surface area contributed by atoms with E-state index in [1.807, 2.05) is 4.98 Å². The molecule has 1 aromatic rings. The smallest absolute Gasteiger partial charge is 0.337 e. The van der Waals surface area contributed by atoms with Crippen LogP contribution in [0.1, 0.15) is 22.3 Å². The van der Waals surface area contributed by atoms with Gasteiger partial charge in [0, 0.05) is 10.7 Å². The van der Waals surface area contributed by atoms with Crippen molar-refractivity contribution in [3.8, 4) is 0 Å². The van der Waals surface area contributed by atoms with Crippen LogP contribution < -0.4 is 5.56 Å². The van der Waals surface area contributed by atoms with Crippen LogP contribution in [0.25, 0.3) is 0 Å². The molecule has 0 aromatic carbocycles. The number of aromatic carboxylic acids is 1. The van der Waals surface area contributed by atoms with Gasteiger partial charge in [0.2, 0.25) is 0 Å². The van der Waals surface area contributed by atoms with Crippen LogP contribution in [0.3, 0.4) is 0 Å². The molecule has 2 N–H and O–H groups in total. The number of halogens is 3. The molecule has 0 fully saturated rings. The Labute approximate surface area is 84.7 Å². The maximum atomic E-state index is 12.3. The molecule has 0 saturated heterocycles. The highest BCUT2D eigenvalue weighted by Crippen LogP contribution is 2.24. The van der Waals surface area contributed by atoms with Gasteiger partial charge in [0.05, 0.1) is 11.1 Å². The molecule has 0 spiro atoms. The maximum absolute atomic E-state index is 12.3. The van der Waals surface area contributed by atoms with Gasteiger partial charge in [-0.1, -0.05) is 0 Å². The first-order chi connectivity index (χ1) is 6.45. The SMILES string of the molecule is O=C(O)c1c(Br)c[nH]c(=O)c1C(F)F. The summed E-state index contributed by atoms with van der Waals surface area (Å²) in [5.74, 6) is -1.57. The molecule has 1 rings (SSSR count). The Kier molecular flexibility index (Phi) is 3.00. The van der Waals surface area contributed by atoms with Crippen molar-refractivity contribution in [1.82, 2.24) is 4.98 Å². The molecular formula is C7H4BrF2NO3. The van der Waals surface area contributed by atoms with E-state index in [9.17, 15) is 18.4 Å². The number of carboxylic acids is 1. The zero-order valence-corrected chi connectivity index (χ0v) is 8.14. The molecule has 0 aliphatic rings.